The summed E-state index contributed by atoms with van der Waals surface area (Å²) in [6.45, 7) is 3.83. The number of hydrogen-bond donors (Lipinski definition) is 3. The first-order chi connectivity index (χ1) is 17.0. The Morgan fingerprint density at radius 2 is 0.972 bits per heavy atom. The fourth-order valence-electron chi connectivity index (χ4n) is 4.83. The summed E-state index contributed by atoms with van der Waals surface area (Å²) in [6.07, 6.45) is 31.7. The van der Waals surface area contributed by atoms with Crippen molar-refractivity contribution in [3.8, 4) is 0 Å². The lowest BCUT2D eigenvalue weighted by atomic mass is 10.0. The maximum absolute atomic E-state index is 11.8. The van der Waals surface area contributed by atoms with Crippen molar-refractivity contribution in [2.24, 2.45) is 0 Å². The van der Waals surface area contributed by atoms with E-state index in [4.69, 9.17) is 0 Å². The average Bonchev–Trinajstić information content (AvgIpc) is 2.77. The number of nitrogens with zero attached hydrogens (tertiary/aromatic N) is 1. The molecule has 0 fully saturated rings. The third kappa shape index (κ3) is 21.6. The van der Waals surface area contributed by atoms with Gasteiger partial charge in [0.15, 0.2) is 0 Å². The van der Waals surface area contributed by atoms with Crippen molar-refractivity contribution < 1.29 is 23.9 Å². The highest BCUT2D eigenvalue weighted by Gasteiger charge is 2.48. The molecule has 1 atom stereocenters. The summed E-state index contributed by atoms with van der Waals surface area (Å²) in [5.74, 6) is 0. The first-order valence-electron chi connectivity index (χ1n) is 14.9. The molecule has 214 valence electrons. The van der Waals surface area contributed by atoms with Crippen LogP contribution in [0.3, 0.4) is 0 Å². The van der Waals surface area contributed by atoms with E-state index in [0.29, 0.717) is 10.9 Å². The van der Waals surface area contributed by atoms with Crippen LogP contribution in [0.25, 0.3) is 0 Å². The van der Waals surface area contributed by atoms with Crippen LogP contribution in [0.5, 0.6) is 0 Å². The number of allylic oxidation sites excluding steroid dienone is 3. The fraction of sp³-hybridized carbons (Fsp3) is 0.867. The van der Waals surface area contributed by atoms with Crippen LogP contribution in [0.1, 0.15) is 135 Å². The molecule has 0 aromatic carbocycles. The van der Waals surface area contributed by atoms with Gasteiger partial charge in [-0.25, -0.2) is 0 Å². The number of aliphatic hydroxyl groups is 1. The van der Waals surface area contributed by atoms with E-state index in [1.54, 1.807) is 0 Å². The van der Waals surface area contributed by atoms with Crippen molar-refractivity contribution >= 4 is 7.60 Å². The summed E-state index contributed by atoms with van der Waals surface area (Å²) in [7, 11) is 0.974. The SMILES string of the molecule is C=CCCCCCCCCCCC/C=C\CCCCCCCCCCC(O)(C[N+](C)(C)C)P(=O)(O)O. The van der Waals surface area contributed by atoms with E-state index in [-0.39, 0.29) is 13.0 Å². The number of rotatable bonds is 26. The van der Waals surface area contributed by atoms with Crippen molar-refractivity contribution in [1.29, 1.82) is 0 Å². The van der Waals surface area contributed by atoms with E-state index in [1.807, 2.05) is 27.2 Å². The van der Waals surface area contributed by atoms with Gasteiger partial charge in [-0.05, 0) is 51.4 Å². The fourth-order valence-corrected chi connectivity index (χ4v) is 5.89. The molecule has 0 saturated carbocycles. The lowest BCUT2D eigenvalue weighted by Crippen LogP contribution is -2.49. The molecule has 0 aromatic heterocycles. The molecule has 5 nitrogen and oxygen atoms in total. The maximum Gasteiger partial charge on any atom is 0.362 e. The highest BCUT2D eigenvalue weighted by atomic mass is 31.2. The molecule has 0 spiro atoms. The van der Waals surface area contributed by atoms with Crippen LogP contribution >= 0.6 is 7.60 Å². The maximum atomic E-state index is 11.8. The Hall–Kier alpha value is -0.450. The monoisotopic (exact) mass is 530 g/mol. The number of likely N-dealkylation sites (N-methyl/N-ethyl adjacent to an activating group) is 1. The lowest BCUT2D eigenvalue weighted by molar-refractivity contribution is -0.875. The second kappa shape index (κ2) is 21.5. The first-order valence-corrected chi connectivity index (χ1v) is 16.5. The Bertz CT molecular complexity index is 596. The van der Waals surface area contributed by atoms with Gasteiger partial charge in [-0.3, -0.25) is 4.57 Å². The van der Waals surface area contributed by atoms with Crippen molar-refractivity contribution in [3.63, 3.8) is 0 Å². The molecule has 0 rings (SSSR count). The lowest BCUT2D eigenvalue weighted by Gasteiger charge is -2.35. The molecule has 0 aliphatic heterocycles. The predicted molar refractivity (Wildman–Crippen MR) is 156 cm³/mol. The molecule has 0 heterocycles. The molecule has 0 aliphatic carbocycles. The predicted octanol–water partition coefficient (Wildman–Crippen LogP) is 8.49. The van der Waals surface area contributed by atoms with E-state index in [9.17, 15) is 19.5 Å². The highest BCUT2D eigenvalue weighted by molar-refractivity contribution is 7.53. The van der Waals surface area contributed by atoms with Gasteiger partial charge in [0, 0.05) is 0 Å². The van der Waals surface area contributed by atoms with Gasteiger partial charge in [-0.1, -0.05) is 102 Å². The standard InChI is InChI=1S/C30H60NO4P/c1-5-6-7-8-9-10-11-12-13-14-15-16-17-18-19-20-21-22-23-24-25-26-27-28-30(32,36(33,34)35)29-31(2,3)4/h5,17-18,32H,1,6-16,19-29H2,2-4H3,(H-,33,34,35)/p+1/b18-17-. The zero-order valence-corrected chi connectivity index (χ0v) is 25.0. The number of hydrogen-bond acceptors (Lipinski definition) is 2. The third-order valence-electron chi connectivity index (χ3n) is 6.91. The summed E-state index contributed by atoms with van der Waals surface area (Å²) in [5, 5.41) is 8.66. The van der Waals surface area contributed by atoms with Gasteiger partial charge in [-0.2, -0.15) is 0 Å². The Kier molecular flexibility index (Phi) is 21.2. The molecular formula is C30H61NO4P+. The minimum atomic E-state index is -4.55. The molecule has 0 aliphatic rings. The Balaban J connectivity index is 3.50. The minimum Gasteiger partial charge on any atom is -0.373 e. The number of unbranched alkanes of at least 4 members (excludes halogenated alkanes) is 18. The molecule has 0 radical (unpaired) electrons. The second-order valence-corrected chi connectivity index (χ2v) is 13.8. The second-order valence-electron chi connectivity index (χ2n) is 11.9. The van der Waals surface area contributed by atoms with Crippen molar-refractivity contribution in [2.75, 3.05) is 27.7 Å². The van der Waals surface area contributed by atoms with E-state index in [2.05, 4.69) is 18.7 Å². The summed E-state index contributed by atoms with van der Waals surface area (Å²) in [6, 6.07) is 0. The molecule has 1 unspecified atom stereocenters. The van der Waals surface area contributed by atoms with Crippen LogP contribution in [0, 0.1) is 0 Å². The molecule has 6 heteroatoms. The van der Waals surface area contributed by atoms with Crippen molar-refractivity contribution in [3.05, 3.63) is 24.8 Å². The smallest absolute Gasteiger partial charge is 0.362 e. The Labute approximate surface area is 224 Å². The quantitative estimate of drug-likeness (QED) is 0.0453. The van der Waals surface area contributed by atoms with Gasteiger partial charge in [0.25, 0.3) is 0 Å². The molecular weight excluding hydrogens is 469 g/mol. The van der Waals surface area contributed by atoms with Crippen molar-refractivity contribution in [2.45, 2.75) is 140 Å². The van der Waals surface area contributed by atoms with Crippen LogP contribution in [0.4, 0.5) is 0 Å². The first kappa shape index (κ1) is 35.5. The van der Waals surface area contributed by atoms with Crippen LogP contribution in [-0.4, -0.2) is 52.4 Å². The Morgan fingerprint density at radius 3 is 1.31 bits per heavy atom. The van der Waals surface area contributed by atoms with E-state index < -0.39 is 12.9 Å². The van der Waals surface area contributed by atoms with E-state index in [1.165, 1.54) is 103 Å². The van der Waals surface area contributed by atoms with Crippen LogP contribution in [0.15, 0.2) is 24.8 Å². The van der Waals surface area contributed by atoms with Crippen LogP contribution in [-0.2, 0) is 4.57 Å². The summed E-state index contributed by atoms with van der Waals surface area (Å²) in [5.41, 5.74) is 0. The topological polar surface area (TPSA) is 77.8 Å². The normalized spacial score (nSPS) is 14.4. The number of quaternary nitrogens is 1. The summed E-state index contributed by atoms with van der Waals surface area (Å²) in [4.78, 5) is 19.2. The van der Waals surface area contributed by atoms with Gasteiger partial charge in [0.2, 0.25) is 5.34 Å². The minimum absolute atomic E-state index is 0.0584. The summed E-state index contributed by atoms with van der Waals surface area (Å²) >= 11 is 0. The van der Waals surface area contributed by atoms with Gasteiger partial charge in [0.05, 0.1) is 21.1 Å². The molecule has 0 aromatic rings. The third-order valence-corrected chi connectivity index (χ3v) is 8.36. The molecule has 0 bridgehead atoms. The van der Waals surface area contributed by atoms with Crippen LogP contribution < -0.4 is 0 Å². The summed E-state index contributed by atoms with van der Waals surface area (Å²) < 4.78 is 12.1. The van der Waals surface area contributed by atoms with Crippen molar-refractivity contribution in [1.82, 2.24) is 0 Å². The zero-order valence-electron chi connectivity index (χ0n) is 24.1. The zero-order chi connectivity index (χ0) is 27.2. The van der Waals surface area contributed by atoms with Gasteiger partial charge in [-0.15, -0.1) is 6.58 Å². The van der Waals surface area contributed by atoms with E-state index >= 15 is 0 Å². The largest absolute Gasteiger partial charge is 0.373 e. The molecule has 0 amide bonds. The molecule has 0 saturated heterocycles. The highest BCUT2D eigenvalue weighted by Crippen LogP contribution is 2.52. The van der Waals surface area contributed by atoms with Gasteiger partial charge < -0.3 is 19.4 Å². The van der Waals surface area contributed by atoms with Gasteiger partial charge in [0.1, 0.15) is 6.54 Å². The Morgan fingerprint density at radius 1 is 0.639 bits per heavy atom. The molecule has 3 N–H and O–H groups in total. The van der Waals surface area contributed by atoms with Crippen LogP contribution in [0.2, 0.25) is 0 Å². The van der Waals surface area contributed by atoms with Gasteiger partial charge >= 0.3 is 7.60 Å². The average molecular weight is 531 g/mol. The van der Waals surface area contributed by atoms with E-state index in [0.717, 1.165) is 19.3 Å². The molecule has 36 heavy (non-hydrogen) atoms.